The zero-order chi connectivity index (χ0) is 23.8. The van der Waals surface area contributed by atoms with Crippen LogP contribution in [0.25, 0.3) is 22.0 Å². The number of hydrogen-bond acceptors (Lipinski definition) is 6. The highest BCUT2D eigenvalue weighted by Gasteiger charge is 2.24. The molecule has 0 aliphatic rings. The summed E-state index contributed by atoms with van der Waals surface area (Å²) in [6.45, 7) is 10.6. The average Bonchev–Trinajstić information content (AvgIpc) is 3.08. The van der Waals surface area contributed by atoms with Gasteiger partial charge in [0.15, 0.2) is 0 Å². The molecule has 3 rings (SSSR count). The first-order valence-corrected chi connectivity index (χ1v) is 10.1. The van der Waals surface area contributed by atoms with Crippen LogP contribution in [-0.2, 0) is 9.47 Å². The number of ether oxygens (including phenoxy) is 2. The van der Waals surface area contributed by atoms with Gasteiger partial charge in [-0.2, -0.15) is 5.26 Å². The Labute approximate surface area is 186 Å². The lowest BCUT2D eigenvalue weighted by atomic mass is 9.97. The molecule has 0 unspecified atom stereocenters. The number of carbonyl (C=O) groups excluding carboxylic acids is 2. The SMILES string of the molecule is CC(C)(C)OC(=O)c1ccc(-c2cc(C#N)cc3c(C(=O)OC(C)(C)C)c[nH]c23)cc1O. The summed E-state index contributed by atoms with van der Waals surface area (Å²) < 4.78 is 10.8. The zero-order valence-electron chi connectivity index (χ0n) is 19.0. The minimum atomic E-state index is -0.697. The minimum absolute atomic E-state index is 0.0392. The highest BCUT2D eigenvalue weighted by Crippen LogP contribution is 2.35. The number of phenols is 1. The van der Waals surface area contributed by atoms with Gasteiger partial charge in [0, 0.05) is 17.1 Å². The van der Waals surface area contributed by atoms with Crippen molar-refractivity contribution in [3.63, 3.8) is 0 Å². The number of rotatable bonds is 3. The van der Waals surface area contributed by atoms with Crippen molar-refractivity contribution < 1.29 is 24.2 Å². The van der Waals surface area contributed by atoms with Gasteiger partial charge in [0.1, 0.15) is 22.5 Å². The van der Waals surface area contributed by atoms with Gasteiger partial charge in [-0.1, -0.05) is 6.07 Å². The molecule has 0 aliphatic heterocycles. The maximum atomic E-state index is 12.7. The maximum Gasteiger partial charge on any atom is 0.342 e. The second kappa shape index (κ2) is 8.04. The summed E-state index contributed by atoms with van der Waals surface area (Å²) in [7, 11) is 0. The van der Waals surface area contributed by atoms with Crippen molar-refractivity contribution in [1.82, 2.24) is 4.98 Å². The summed E-state index contributed by atoms with van der Waals surface area (Å²) in [5, 5.41) is 20.5. The van der Waals surface area contributed by atoms with E-state index in [2.05, 4.69) is 11.1 Å². The molecule has 32 heavy (non-hydrogen) atoms. The van der Waals surface area contributed by atoms with Crippen molar-refractivity contribution in [2.24, 2.45) is 0 Å². The molecule has 0 fully saturated rings. The van der Waals surface area contributed by atoms with Gasteiger partial charge in [-0.3, -0.25) is 0 Å². The number of aromatic nitrogens is 1. The molecule has 1 heterocycles. The van der Waals surface area contributed by atoms with Crippen LogP contribution in [0.15, 0.2) is 36.5 Å². The summed E-state index contributed by atoms with van der Waals surface area (Å²) >= 11 is 0. The lowest BCUT2D eigenvalue weighted by Gasteiger charge is -2.20. The van der Waals surface area contributed by atoms with Crippen LogP contribution in [0.4, 0.5) is 0 Å². The molecule has 0 radical (unpaired) electrons. The molecule has 2 N–H and O–H groups in total. The molecule has 0 saturated carbocycles. The summed E-state index contributed by atoms with van der Waals surface area (Å²) in [4.78, 5) is 28.1. The number of H-pyrrole nitrogens is 1. The number of benzene rings is 2. The number of aromatic amines is 1. The standard InChI is InChI=1S/C25H26N2O5/c1-24(2,3)31-22(29)16-8-7-15(11-20(16)28)17-9-14(12-26)10-18-19(13-27-21(17)18)23(30)32-25(4,5)6/h7-11,13,27-28H,1-6H3. The van der Waals surface area contributed by atoms with Crippen molar-refractivity contribution in [2.45, 2.75) is 52.7 Å². The Bertz CT molecular complexity index is 1250. The largest absolute Gasteiger partial charge is 0.507 e. The summed E-state index contributed by atoms with van der Waals surface area (Å²) in [5.74, 6) is -1.39. The fourth-order valence-corrected chi connectivity index (χ4v) is 3.23. The molecule has 0 aliphatic carbocycles. The van der Waals surface area contributed by atoms with Crippen molar-refractivity contribution in [3.05, 3.63) is 53.2 Å². The predicted molar refractivity (Wildman–Crippen MR) is 120 cm³/mol. The van der Waals surface area contributed by atoms with E-state index in [-0.39, 0.29) is 11.3 Å². The molecule has 0 amide bonds. The molecule has 2 aromatic carbocycles. The average molecular weight is 434 g/mol. The van der Waals surface area contributed by atoms with Gasteiger partial charge in [-0.15, -0.1) is 0 Å². The van der Waals surface area contributed by atoms with Gasteiger partial charge in [0.2, 0.25) is 0 Å². The van der Waals surface area contributed by atoms with E-state index >= 15 is 0 Å². The van der Waals surface area contributed by atoms with Crippen LogP contribution in [0.3, 0.4) is 0 Å². The number of fused-ring (bicyclic) bond motifs is 1. The first-order valence-electron chi connectivity index (χ1n) is 10.1. The summed E-state index contributed by atoms with van der Waals surface area (Å²) in [6.07, 6.45) is 1.54. The van der Waals surface area contributed by atoms with E-state index in [0.717, 1.165) is 0 Å². The highest BCUT2D eigenvalue weighted by molar-refractivity contribution is 6.08. The normalized spacial score (nSPS) is 11.8. The Kier molecular flexibility index (Phi) is 5.75. The van der Waals surface area contributed by atoms with Crippen LogP contribution < -0.4 is 0 Å². The second-order valence-electron chi connectivity index (χ2n) is 9.50. The molecule has 7 heteroatoms. The van der Waals surface area contributed by atoms with E-state index in [4.69, 9.17) is 9.47 Å². The minimum Gasteiger partial charge on any atom is -0.507 e. The Morgan fingerprint density at radius 1 is 0.938 bits per heavy atom. The molecule has 3 aromatic rings. The number of nitriles is 1. The van der Waals surface area contributed by atoms with E-state index in [1.165, 1.54) is 18.3 Å². The highest BCUT2D eigenvalue weighted by atomic mass is 16.6. The van der Waals surface area contributed by atoms with E-state index in [1.54, 1.807) is 59.7 Å². The number of phenolic OH excluding ortho intramolecular Hbond substituents is 1. The Morgan fingerprint density at radius 2 is 1.53 bits per heavy atom. The van der Waals surface area contributed by atoms with E-state index in [9.17, 15) is 20.0 Å². The zero-order valence-corrected chi connectivity index (χ0v) is 19.0. The first kappa shape index (κ1) is 22.9. The van der Waals surface area contributed by atoms with E-state index in [1.807, 2.05) is 0 Å². The quantitative estimate of drug-likeness (QED) is 0.539. The number of nitrogens with zero attached hydrogens (tertiary/aromatic N) is 1. The van der Waals surface area contributed by atoms with Crippen molar-refractivity contribution in [3.8, 4) is 22.9 Å². The van der Waals surface area contributed by atoms with Crippen molar-refractivity contribution in [2.75, 3.05) is 0 Å². The molecule has 7 nitrogen and oxygen atoms in total. The van der Waals surface area contributed by atoms with Crippen molar-refractivity contribution in [1.29, 1.82) is 5.26 Å². The third kappa shape index (κ3) is 4.92. The molecule has 166 valence electrons. The van der Waals surface area contributed by atoms with Crippen LogP contribution in [0.2, 0.25) is 0 Å². The van der Waals surface area contributed by atoms with Gasteiger partial charge >= 0.3 is 11.9 Å². The summed E-state index contributed by atoms with van der Waals surface area (Å²) in [6, 6.07) is 9.93. The lowest BCUT2D eigenvalue weighted by molar-refractivity contribution is 0.00562. The first-order chi connectivity index (χ1) is 14.8. The molecular weight excluding hydrogens is 408 g/mol. The van der Waals surface area contributed by atoms with Gasteiger partial charge in [-0.25, -0.2) is 9.59 Å². The smallest absolute Gasteiger partial charge is 0.342 e. The fourth-order valence-electron chi connectivity index (χ4n) is 3.23. The van der Waals surface area contributed by atoms with Crippen LogP contribution in [-0.4, -0.2) is 33.2 Å². The second-order valence-corrected chi connectivity index (χ2v) is 9.50. The Hall–Kier alpha value is -3.79. The molecule has 1 aromatic heterocycles. The van der Waals surface area contributed by atoms with Crippen LogP contribution in [0.5, 0.6) is 5.75 Å². The molecule has 0 bridgehead atoms. The third-order valence-corrected chi connectivity index (χ3v) is 4.46. The maximum absolute atomic E-state index is 12.7. The van der Waals surface area contributed by atoms with Crippen LogP contribution in [0.1, 0.15) is 67.8 Å². The predicted octanol–water partition coefficient (Wildman–Crippen LogP) is 5.32. The van der Waals surface area contributed by atoms with Crippen LogP contribution >= 0.6 is 0 Å². The van der Waals surface area contributed by atoms with Gasteiger partial charge < -0.3 is 19.6 Å². The van der Waals surface area contributed by atoms with Gasteiger partial charge in [-0.05, 0) is 71.4 Å². The molecule has 0 spiro atoms. The Balaban J connectivity index is 2.09. The summed E-state index contributed by atoms with van der Waals surface area (Å²) in [5.41, 5.74) is 1.09. The topological polar surface area (TPSA) is 112 Å². The monoisotopic (exact) mass is 434 g/mol. The fraction of sp³-hybridized carbons (Fsp3) is 0.320. The van der Waals surface area contributed by atoms with E-state index in [0.29, 0.717) is 33.2 Å². The number of nitrogens with one attached hydrogen (secondary N) is 1. The number of esters is 2. The Morgan fingerprint density at radius 3 is 2.06 bits per heavy atom. The van der Waals surface area contributed by atoms with E-state index < -0.39 is 23.1 Å². The number of carbonyl (C=O) groups is 2. The lowest BCUT2D eigenvalue weighted by Crippen LogP contribution is -2.23. The van der Waals surface area contributed by atoms with Gasteiger partial charge in [0.05, 0.1) is 22.7 Å². The van der Waals surface area contributed by atoms with Crippen LogP contribution in [0, 0.1) is 11.3 Å². The number of aromatic hydroxyl groups is 1. The molecule has 0 saturated heterocycles. The number of hydrogen-bond donors (Lipinski definition) is 2. The molecular formula is C25H26N2O5. The molecule has 0 atom stereocenters. The third-order valence-electron chi connectivity index (χ3n) is 4.46. The van der Waals surface area contributed by atoms with Crippen molar-refractivity contribution >= 4 is 22.8 Å². The van der Waals surface area contributed by atoms with Gasteiger partial charge in [0.25, 0.3) is 0 Å².